The quantitative estimate of drug-likeness (QED) is 0.835. The summed E-state index contributed by atoms with van der Waals surface area (Å²) < 4.78 is 14.9. The highest BCUT2D eigenvalue weighted by molar-refractivity contribution is 9.10. The van der Waals surface area contributed by atoms with Gasteiger partial charge in [-0.2, -0.15) is 4.39 Å². The number of halogens is 2. The highest BCUT2D eigenvalue weighted by Gasteiger charge is 2.12. The van der Waals surface area contributed by atoms with Gasteiger partial charge in [-0.15, -0.1) is 11.3 Å². The minimum absolute atomic E-state index is 0.248. The van der Waals surface area contributed by atoms with Crippen molar-refractivity contribution in [3.8, 4) is 0 Å². The van der Waals surface area contributed by atoms with E-state index in [-0.39, 0.29) is 11.7 Å². The maximum Gasteiger partial charge on any atom is 0.183 e. The van der Waals surface area contributed by atoms with Crippen molar-refractivity contribution in [2.45, 2.75) is 6.61 Å². The molecule has 0 unspecified atom stereocenters. The predicted molar refractivity (Wildman–Crippen MR) is 55.4 cm³/mol. The van der Waals surface area contributed by atoms with Crippen LogP contribution in [0.15, 0.2) is 22.7 Å². The summed E-state index contributed by atoms with van der Waals surface area (Å²) in [5, 5.41) is 9.44. The molecule has 1 N–H and O–H groups in total. The molecule has 0 aliphatic rings. The van der Waals surface area contributed by atoms with Gasteiger partial charge in [-0.3, -0.25) is 0 Å². The normalized spacial score (nSPS) is 11.0. The van der Waals surface area contributed by atoms with Crippen LogP contribution in [0.25, 0.3) is 10.1 Å². The molecular weight excluding hydrogens is 255 g/mol. The Kier molecular flexibility index (Phi) is 2.36. The van der Waals surface area contributed by atoms with Crippen LogP contribution in [-0.4, -0.2) is 5.11 Å². The molecule has 0 aliphatic heterocycles. The first-order chi connectivity index (χ1) is 6.24. The molecule has 1 heterocycles. The minimum Gasteiger partial charge on any atom is -0.392 e. The van der Waals surface area contributed by atoms with Crippen molar-refractivity contribution >= 4 is 37.4 Å². The molecule has 0 radical (unpaired) electrons. The Morgan fingerprint density at radius 3 is 2.92 bits per heavy atom. The lowest BCUT2D eigenvalue weighted by Crippen LogP contribution is -1.82. The standard InChI is InChI=1S/C9H6BrFOS/c10-7-3-1-2-5-6(4-12)9(11)13-8(5)7/h1-3,12H,4H2. The molecule has 0 fully saturated rings. The van der Waals surface area contributed by atoms with E-state index in [1.807, 2.05) is 18.2 Å². The smallest absolute Gasteiger partial charge is 0.183 e. The van der Waals surface area contributed by atoms with E-state index in [0.29, 0.717) is 5.56 Å². The van der Waals surface area contributed by atoms with Gasteiger partial charge in [0.25, 0.3) is 0 Å². The van der Waals surface area contributed by atoms with Crippen molar-refractivity contribution in [3.05, 3.63) is 33.4 Å². The summed E-state index contributed by atoms with van der Waals surface area (Å²) in [7, 11) is 0. The van der Waals surface area contributed by atoms with Crippen LogP contribution < -0.4 is 0 Å². The second kappa shape index (κ2) is 3.36. The Morgan fingerprint density at radius 1 is 1.46 bits per heavy atom. The summed E-state index contributed by atoms with van der Waals surface area (Å²) in [5.41, 5.74) is 0.390. The van der Waals surface area contributed by atoms with Gasteiger partial charge in [0.15, 0.2) is 5.13 Å². The number of hydrogen-bond acceptors (Lipinski definition) is 2. The molecule has 0 atom stereocenters. The highest BCUT2D eigenvalue weighted by atomic mass is 79.9. The first-order valence-electron chi connectivity index (χ1n) is 3.70. The fourth-order valence-electron chi connectivity index (χ4n) is 1.25. The van der Waals surface area contributed by atoms with Gasteiger partial charge in [-0.05, 0) is 22.0 Å². The van der Waals surface area contributed by atoms with Crippen LogP contribution in [-0.2, 0) is 6.61 Å². The summed E-state index contributed by atoms with van der Waals surface area (Å²) in [5.74, 6) is 0. The van der Waals surface area contributed by atoms with Crippen LogP contribution in [0.2, 0.25) is 0 Å². The van der Waals surface area contributed by atoms with Gasteiger partial charge in [-0.1, -0.05) is 12.1 Å². The van der Waals surface area contributed by atoms with Crippen LogP contribution in [0.1, 0.15) is 5.56 Å². The molecule has 0 amide bonds. The van der Waals surface area contributed by atoms with E-state index in [4.69, 9.17) is 5.11 Å². The highest BCUT2D eigenvalue weighted by Crippen LogP contribution is 2.34. The Morgan fingerprint density at radius 2 is 2.23 bits per heavy atom. The molecule has 0 saturated heterocycles. The molecule has 1 nitrogen and oxygen atoms in total. The van der Waals surface area contributed by atoms with E-state index >= 15 is 0 Å². The molecule has 0 spiro atoms. The number of rotatable bonds is 1. The summed E-state index contributed by atoms with van der Waals surface area (Å²) >= 11 is 4.39. The zero-order chi connectivity index (χ0) is 9.42. The molecule has 2 rings (SSSR count). The van der Waals surface area contributed by atoms with Crippen LogP contribution in [0.4, 0.5) is 4.39 Å². The van der Waals surface area contributed by atoms with Gasteiger partial charge in [0.2, 0.25) is 0 Å². The molecule has 4 heteroatoms. The molecule has 2 aromatic rings. The summed E-state index contributed by atoms with van der Waals surface area (Å²) in [6.45, 7) is -0.248. The summed E-state index contributed by atoms with van der Waals surface area (Å²) in [6.07, 6.45) is 0. The Balaban J connectivity index is 2.86. The van der Waals surface area contributed by atoms with Crippen LogP contribution >= 0.6 is 27.3 Å². The van der Waals surface area contributed by atoms with Crippen molar-refractivity contribution in [3.63, 3.8) is 0 Å². The maximum atomic E-state index is 13.2. The van der Waals surface area contributed by atoms with Crippen molar-refractivity contribution in [2.24, 2.45) is 0 Å². The van der Waals surface area contributed by atoms with Crippen molar-refractivity contribution in [1.29, 1.82) is 0 Å². The van der Waals surface area contributed by atoms with Gasteiger partial charge in [0.1, 0.15) is 0 Å². The number of thiophene rings is 1. The number of fused-ring (bicyclic) bond motifs is 1. The van der Waals surface area contributed by atoms with Gasteiger partial charge < -0.3 is 5.11 Å². The third-order valence-electron chi connectivity index (χ3n) is 1.88. The minimum atomic E-state index is -0.301. The average molecular weight is 261 g/mol. The maximum absolute atomic E-state index is 13.2. The zero-order valence-electron chi connectivity index (χ0n) is 6.55. The first-order valence-corrected chi connectivity index (χ1v) is 5.31. The summed E-state index contributed by atoms with van der Waals surface area (Å²) in [4.78, 5) is 0. The molecule has 0 saturated carbocycles. The Bertz CT molecular complexity index is 452. The Labute approximate surface area is 86.9 Å². The van der Waals surface area contributed by atoms with Gasteiger partial charge >= 0.3 is 0 Å². The summed E-state index contributed by atoms with van der Waals surface area (Å²) in [6, 6.07) is 5.50. The number of benzene rings is 1. The Hall–Kier alpha value is -0.450. The lowest BCUT2D eigenvalue weighted by Gasteiger charge is -1.94. The van der Waals surface area contributed by atoms with E-state index in [2.05, 4.69) is 15.9 Å². The second-order valence-electron chi connectivity index (χ2n) is 2.63. The third kappa shape index (κ3) is 1.39. The molecule has 0 aliphatic carbocycles. The molecule has 13 heavy (non-hydrogen) atoms. The van der Waals surface area contributed by atoms with Crippen LogP contribution in [0, 0.1) is 5.13 Å². The fourth-order valence-corrected chi connectivity index (χ4v) is 2.81. The number of hydrogen-bond donors (Lipinski definition) is 1. The van der Waals surface area contributed by atoms with Gasteiger partial charge in [-0.25, -0.2) is 0 Å². The van der Waals surface area contributed by atoms with Gasteiger partial charge in [0.05, 0.1) is 11.3 Å². The molecular formula is C9H6BrFOS. The second-order valence-corrected chi connectivity index (χ2v) is 4.45. The van der Waals surface area contributed by atoms with E-state index in [1.54, 1.807) is 0 Å². The van der Waals surface area contributed by atoms with Crippen LogP contribution in [0.5, 0.6) is 0 Å². The molecule has 68 valence electrons. The fraction of sp³-hybridized carbons (Fsp3) is 0.111. The number of aliphatic hydroxyl groups excluding tert-OH is 1. The predicted octanol–water partition coefficient (Wildman–Crippen LogP) is 3.30. The lowest BCUT2D eigenvalue weighted by atomic mass is 10.2. The zero-order valence-corrected chi connectivity index (χ0v) is 8.95. The average Bonchev–Trinajstić information content (AvgIpc) is 2.43. The third-order valence-corrected chi connectivity index (χ3v) is 3.87. The van der Waals surface area contributed by atoms with E-state index in [0.717, 1.165) is 25.9 Å². The van der Waals surface area contributed by atoms with Crippen molar-refractivity contribution in [1.82, 2.24) is 0 Å². The monoisotopic (exact) mass is 260 g/mol. The molecule has 0 bridgehead atoms. The lowest BCUT2D eigenvalue weighted by molar-refractivity contribution is 0.279. The topological polar surface area (TPSA) is 20.2 Å². The molecule has 1 aromatic carbocycles. The van der Waals surface area contributed by atoms with E-state index in [1.165, 1.54) is 0 Å². The van der Waals surface area contributed by atoms with Crippen molar-refractivity contribution < 1.29 is 9.50 Å². The van der Waals surface area contributed by atoms with E-state index < -0.39 is 0 Å². The number of aliphatic hydroxyl groups is 1. The largest absolute Gasteiger partial charge is 0.392 e. The van der Waals surface area contributed by atoms with Crippen LogP contribution in [0.3, 0.4) is 0 Å². The van der Waals surface area contributed by atoms with Gasteiger partial charge in [0, 0.05) is 15.4 Å². The SMILES string of the molecule is OCc1c(F)sc2c(Br)cccc12. The molecule has 1 aromatic heterocycles. The first kappa shape index (κ1) is 9.12. The van der Waals surface area contributed by atoms with E-state index in [9.17, 15) is 4.39 Å². The van der Waals surface area contributed by atoms with Crippen molar-refractivity contribution in [2.75, 3.05) is 0 Å².